The largest absolute Gasteiger partial charge is 0.478 e. The molecule has 35 heavy (non-hydrogen) atoms. The van der Waals surface area contributed by atoms with Gasteiger partial charge in [-0.1, -0.05) is 12.0 Å². The Morgan fingerprint density at radius 3 is 2.34 bits per heavy atom. The van der Waals surface area contributed by atoms with Crippen molar-refractivity contribution in [2.24, 2.45) is 5.11 Å². The summed E-state index contributed by atoms with van der Waals surface area (Å²) in [6.45, 7) is 1.55. The zero-order chi connectivity index (χ0) is 26.7. The van der Waals surface area contributed by atoms with Crippen LogP contribution in [0, 0.1) is 0 Å². The molecule has 0 aromatic carbocycles. The molecule has 0 aromatic rings. The minimum absolute atomic E-state index is 0.521. The maximum atomic E-state index is 12.4. The molecule has 2 saturated heterocycles. The number of nitrogens with zero attached hydrogens (tertiary/aromatic N) is 3. The number of amides is 1. The molecule has 2 rings (SSSR count). The van der Waals surface area contributed by atoms with Gasteiger partial charge in [0, 0.05) is 23.5 Å². The van der Waals surface area contributed by atoms with Crippen LogP contribution in [0.25, 0.3) is 10.4 Å². The summed E-state index contributed by atoms with van der Waals surface area (Å²) in [7, 11) is 0. The number of rotatable bonds is 9. The normalized spacial score (nSPS) is 40.1. The number of ether oxygens (including phenoxy) is 2. The maximum absolute atomic E-state index is 12.4. The van der Waals surface area contributed by atoms with Gasteiger partial charge in [0.2, 0.25) is 10.8 Å². The van der Waals surface area contributed by atoms with E-state index in [-0.39, 0.29) is 0 Å². The zero-order valence-electron chi connectivity index (χ0n) is 18.7. The lowest BCUT2D eigenvalue weighted by atomic mass is 9.88. The summed E-state index contributed by atoms with van der Waals surface area (Å²) in [4.78, 5) is 24.5. The number of carbonyl (C=O) groups excluding carboxylic acids is 1. The zero-order valence-corrected chi connectivity index (χ0v) is 19.5. The molecule has 0 bridgehead atoms. The third-order valence-electron chi connectivity index (χ3n) is 5.85. The Kier molecular flexibility index (Phi) is 10.1. The van der Waals surface area contributed by atoms with E-state index >= 15 is 0 Å². The van der Waals surface area contributed by atoms with E-state index in [0.29, 0.717) is 11.8 Å². The Labute approximate surface area is 203 Å². The summed E-state index contributed by atoms with van der Waals surface area (Å²) in [6.07, 6.45) is -14.6. The molecule has 17 heteroatoms. The van der Waals surface area contributed by atoms with E-state index in [1.165, 1.54) is 6.92 Å². The molecular weight excluding hydrogens is 496 g/mol. The molecule has 16 nitrogen and oxygen atoms in total. The Balaban J connectivity index is 2.46. The molecular formula is C18H30N4O12S. The first-order valence-electron chi connectivity index (χ1n) is 10.5. The van der Waals surface area contributed by atoms with Crippen molar-refractivity contribution in [1.29, 1.82) is 0 Å². The van der Waals surface area contributed by atoms with Gasteiger partial charge in [-0.2, -0.15) is 0 Å². The van der Waals surface area contributed by atoms with Crippen LogP contribution in [0.1, 0.15) is 20.3 Å². The van der Waals surface area contributed by atoms with Crippen molar-refractivity contribution in [3.05, 3.63) is 10.4 Å². The monoisotopic (exact) mass is 526 g/mol. The topological polar surface area (TPSA) is 275 Å². The van der Waals surface area contributed by atoms with Crippen molar-refractivity contribution in [3.8, 4) is 0 Å². The van der Waals surface area contributed by atoms with E-state index in [2.05, 4.69) is 15.3 Å². The van der Waals surface area contributed by atoms with Gasteiger partial charge in [0.25, 0.3) is 0 Å². The number of aliphatic hydroxyl groups is 7. The first kappa shape index (κ1) is 29.5. The molecule has 2 fully saturated rings. The van der Waals surface area contributed by atoms with E-state index in [9.17, 15) is 50.4 Å². The second-order valence-corrected chi connectivity index (χ2v) is 10.0. The summed E-state index contributed by atoms with van der Waals surface area (Å²) >= 11 is 0.521. The summed E-state index contributed by atoms with van der Waals surface area (Å²) in [5.74, 6) is -2.26. The molecule has 0 aromatic heterocycles. The van der Waals surface area contributed by atoms with Gasteiger partial charge in [-0.25, -0.2) is 4.79 Å². The molecule has 1 unspecified atom stereocenters. The number of hydrogen-bond donors (Lipinski definition) is 9. The van der Waals surface area contributed by atoms with E-state index < -0.39 is 96.2 Å². The van der Waals surface area contributed by atoms with Gasteiger partial charge in [0.15, 0.2) is 6.29 Å². The van der Waals surface area contributed by atoms with E-state index in [4.69, 9.17) is 15.0 Å². The minimum atomic E-state index is -2.32. The van der Waals surface area contributed by atoms with Crippen LogP contribution in [0.5, 0.6) is 0 Å². The lowest BCUT2D eigenvalue weighted by molar-refractivity contribution is -0.280. The molecule has 2 heterocycles. The molecule has 12 atom stereocenters. The predicted octanol–water partition coefficient (Wildman–Crippen LogP) is -3.62. The van der Waals surface area contributed by atoms with E-state index in [1.54, 1.807) is 0 Å². The van der Waals surface area contributed by atoms with Crippen LogP contribution in [0.2, 0.25) is 0 Å². The highest BCUT2D eigenvalue weighted by Crippen LogP contribution is 2.45. The van der Waals surface area contributed by atoms with Crippen LogP contribution < -0.4 is 5.32 Å². The van der Waals surface area contributed by atoms with Crippen molar-refractivity contribution in [2.75, 3.05) is 6.61 Å². The number of aliphatic carboxylic acids is 1. The van der Waals surface area contributed by atoms with Crippen LogP contribution in [0.3, 0.4) is 0 Å². The molecule has 2 aliphatic rings. The fourth-order valence-electron chi connectivity index (χ4n) is 4.07. The van der Waals surface area contributed by atoms with Crippen LogP contribution in [0.4, 0.5) is 0 Å². The number of carbonyl (C=O) groups is 2. The summed E-state index contributed by atoms with van der Waals surface area (Å²) < 4.78 is 10.9. The molecule has 200 valence electrons. The smallest absolute Gasteiger partial charge is 0.346 e. The quantitative estimate of drug-likeness (QED) is 0.0798. The average Bonchev–Trinajstić information content (AvgIpc) is 2.80. The minimum Gasteiger partial charge on any atom is -0.478 e. The first-order chi connectivity index (χ1) is 16.3. The summed E-state index contributed by atoms with van der Waals surface area (Å²) in [5, 5.41) is 84.6. The van der Waals surface area contributed by atoms with E-state index in [0.717, 1.165) is 6.92 Å². The van der Waals surface area contributed by atoms with Crippen LogP contribution in [0.15, 0.2) is 5.11 Å². The number of aliphatic hydroxyl groups excluding tert-OH is 7. The molecule has 0 spiro atoms. The van der Waals surface area contributed by atoms with Gasteiger partial charge in [-0.3, -0.25) is 4.79 Å². The Hall–Kier alpha value is -1.76. The highest BCUT2D eigenvalue weighted by atomic mass is 32.2. The van der Waals surface area contributed by atoms with Crippen molar-refractivity contribution in [2.45, 2.75) is 91.6 Å². The van der Waals surface area contributed by atoms with Gasteiger partial charge < -0.3 is 55.6 Å². The molecule has 0 saturated carbocycles. The lowest BCUT2D eigenvalue weighted by Crippen LogP contribution is -2.66. The predicted molar refractivity (Wildman–Crippen MR) is 115 cm³/mol. The Morgan fingerprint density at radius 1 is 1.20 bits per heavy atom. The Morgan fingerprint density at radius 2 is 1.83 bits per heavy atom. The highest BCUT2D eigenvalue weighted by Gasteiger charge is 2.57. The second kappa shape index (κ2) is 12.0. The third kappa shape index (κ3) is 6.33. The van der Waals surface area contributed by atoms with Crippen LogP contribution in [-0.2, 0) is 19.1 Å². The molecule has 0 radical (unpaired) electrons. The average molecular weight is 527 g/mol. The lowest BCUT2D eigenvalue weighted by Gasteiger charge is -2.48. The first-order valence-corrected chi connectivity index (χ1v) is 11.4. The standard InChI is InChI=1S/C18H30N4O12S/c1-5(14-12(28)11(27)13(29)16(30)33-14)35-18(17(31)32)3-7(21-22-19)9(20-6(2)24)15(34-18)10(26)8(25)4-23/h5,7-16,23,25-30H,3-4H2,1-2H3,(H,20,24)(H,31,32)/t5?,7-,8+,9+,10+,11-,12+,13+,14+,15+,16+,18-/m0/s1. The Bertz CT molecular complexity index is 818. The second-order valence-electron chi connectivity index (χ2n) is 8.37. The van der Waals surface area contributed by atoms with Crippen molar-refractivity contribution in [3.63, 3.8) is 0 Å². The fraction of sp³-hybridized carbons (Fsp3) is 0.889. The van der Waals surface area contributed by atoms with Gasteiger partial charge in [0.1, 0.15) is 42.7 Å². The highest BCUT2D eigenvalue weighted by molar-refractivity contribution is 8.01. The van der Waals surface area contributed by atoms with E-state index in [1.807, 2.05) is 0 Å². The maximum Gasteiger partial charge on any atom is 0.346 e. The molecule has 1 amide bonds. The summed E-state index contributed by atoms with van der Waals surface area (Å²) in [6, 6.07) is -2.60. The van der Waals surface area contributed by atoms with Gasteiger partial charge in [-0.15, -0.1) is 11.8 Å². The number of azide groups is 1. The van der Waals surface area contributed by atoms with Gasteiger partial charge in [0.05, 0.1) is 18.7 Å². The molecule has 2 aliphatic heterocycles. The number of hydrogen-bond acceptors (Lipinski definition) is 13. The van der Waals surface area contributed by atoms with Crippen molar-refractivity contribution >= 4 is 23.6 Å². The van der Waals surface area contributed by atoms with Crippen LogP contribution in [-0.4, -0.2) is 131 Å². The van der Waals surface area contributed by atoms with Crippen molar-refractivity contribution in [1.82, 2.24) is 5.32 Å². The third-order valence-corrected chi connectivity index (χ3v) is 7.31. The van der Waals surface area contributed by atoms with Crippen LogP contribution >= 0.6 is 11.8 Å². The number of nitrogens with one attached hydrogen (secondary N) is 1. The van der Waals surface area contributed by atoms with Gasteiger partial charge in [-0.05, 0) is 5.53 Å². The van der Waals surface area contributed by atoms with Crippen molar-refractivity contribution < 1.29 is 59.9 Å². The SMILES string of the molecule is CC(=O)N[C@H]1[C@H]([C@H](O)[C@H](O)CO)O[C@@](SC(C)[C@H]2O[C@@H](O)[C@H](O)[C@@H](O)[C@H]2O)(C(=O)O)C[C@@H]1N=[N+]=[N-]. The number of carboxylic acid groups (broad SMARTS) is 1. The molecule has 9 N–H and O–H groups in total. The van der Waals surface area contributed by atoms with Gasteiger partial charge >= 0.3 is 5.97 Å². The summed E-state index contributed by atoms with van der Waals surface area (Å²) in [5.41, 5.74) is 9.03. The number of carboxylic acids is 1. The molecule has 0 aliphatic carbocycles. The fourth-order valence-corrected chi connectivity index (χ4v) is 5.56. The number of thioether (sulfide) groups is 1.